The molecule has 4 aliphatic carbocycles. The van der Waals surface area contributed by atoms with Crippen LogP contribution in [0.3, 0.4) is 0 Å². The molecular formula is C32H42O8. The number of aliphatic hydroxyl groups excluding tert-OH is 1. The number of esters is 2. The molecule has 5 rings (SSSR count). The second-order valence-electron chi connectivity index (χ2n) is 12.9. The van der Waals surface area contributed by atoms with E-state index in [4.69, 9.17) is 9.47 Å². The van der Waals surface area contributed by atoms with E-state index in [1.54, 1.807) is 19.9 Å². The SMILES string of the molecule is CC(=O)OC(C)[C@@]1(O)CC[C@@]2(O)[C@]1(C)C(OC(=O)/C=C/c1ccccc1)C[C@@H]1[C@@]3(C)CC[C@H](O)CC3=CC[C@]12O. The summed E-state index contributed by atoms with van der Waals surface area (Å²) < 4.78 is 11.6. The van der Waals surface area contributed by atoms with Gasteiger partial charge in [0.2, 0.25) is 0 Å². The summed E-state index contributed by atoms with van der Waals surface area (Å²) in [6.07, 6.45) is 4.53. The molecular weight excluding hydrogens is 512 g/mol. The van der Waals surface area contributed by atoms with Gasteiger partial charge in [-0.1, -0.05) is 55.8 Å². The van der Waals surface area contributed by atoms with E-state index in [0.29, 0.717) is 19.3 Å². The predicted octanol–water partition coefficient (Wildman–Crippen LogP) is 3.46. The third-order valence-electron chi connectivity index (χ3n) is 11.1. The second-order valence-corrected chi connectivity index (χ2v) is 12.9. The molecule has 0 aromatic heterocycles. The zero-order chi connectivity index (χ0) is 29.1. The van der Waals surface area contributed by atoms with Crippen LogP contribution in [-0.2, 0) is 19.1 Å². The van der Waals surface area contributed by atoms with Gasteiger partial charge >= 0.3 is 11.9 Å². The number of carbonyl (C=O) groups is 2. The highest BCUT2D eigenvalue weighted by molar-refractivity contribution is 5.87. The van der Waals surface area contributed by atoms with E-state index in [-0.39, 0.29) is 25.7 Å². The normalized spacial score (nSPS) is 43.2. The van der Waals surface area contributed by atoms with Crippen molar-refractivity contribution in [3.05, 3.63) is 53.6 Å². The third-order valence-corrected chi connectivity index (χ3v) is 11.1. The molecule has 0 heterocycles. The first-order valence-corrected chi connectivity index (χ1v) is 14.4. The van der Waals surface area contributed by atoms with E-state index >= 15 is 0 Å². The Morgan fingerprint density at radius 1 is 1.07 bits per heavy atom. The highest BCUT2D eigenvalue weighted by Crippen LogP contribution is 2.71. The van der Waals surface area contributed by atoms with Crippen molar-refractivity contribution in [1.29, 1.82) is 0 Å². The van der Waals surface area contributed by atoms with Crippen LogP contribution in [0.25, 0.3) is 6.08 Å². The fourth-order valence-corrected chi connectivity index (χ4v) is 8.75. The Hall–Kier alpha value is -2.52. The van der Waals surface area contributed by atoms with Gasteiger partial charge in [-0.25, -0.2) is 4.79 Å². The van der Waals surface area contributed by atoms with Crippen LogP contribution in [0.15, 0.2) is 48.1 Å². The highest BCUT2D eigenvalue weighted by atomic mass is 16.6. The third kappa shape index (κ3) is 4.02. The van der Waals surface area contributed by atoms with Crippen LogP contribution in [0.5, 0.6) is 0 Å². The smallest absolute Gasteiger partial charge is 0.331 e. The first-order valence-electron chi connectivity index (χ1n) is 14.4. The lowest BCUT2D eigenvalue weighted by Gasteiger charge is -2.67. The molecule has 8 nitrogen and oxygen atoms in total. The summed E-state index contributed by atoms with van der Waals surface area (Å²) >= 11 is 0. The van der Waals surface area contributed by atoms with Crippen molar-refractivity contribution in [3.8, 4) is 0 Å². The van der Waals surface area contributed by atoms with Crippen LogP contribution in [-0.4, -0.2) is 67.5 Å². The zero-order valence-electron chi connectivity index (χ0n) is 23.8. The van der Waals surface area contributed by atoms with E-state index in [0.717, 1.165) is 11.1 Å². The van der Waals surface area contributed by atoms with Crippen LogP contribution in [0.2, 0.25) is 0 Å². The fraction of sp³-hybridized carbons (Fsp3) is 0.625. The Morgan fingerprint density at radius 2 is 1.77 bits per heavy atom. The van der Waals surface area contributed by atoms with Gasteiger partial charge in [0.25, 0.3) is 0 Å². The van der Waals surface area contributed by atoms with Crippen LogP contribution < -0.4 is 0 Å². The minimum Gasteiger partial charge on any atom is -0.460 e. The monoisotopic (exact) mass is 554 g/mol. The predicted molar refractivity (Wildman–Crippen MR) is 148 cm³/mol. The number of carbonyl (C=O) groups excluding carboxylic acids is 2. The average Bonchev–Trinajstić information content (AvgIpc) is 3.14. The molecule has 2 unspecified atom stereocenters. The van der Waals surface area contributed by atoms with Gasteiger partial charge in [-0.3, -0.25) is 4.79 Å². The molecule has 0 saturated heterocycles. The van der Waals surface area contributed by atoms with E-state index < -0.39 is 63.8 Å². The number of benzene rings is 1. The summed E-state index contributed by atoms with van der Waals surface area (Å²) in [5, 5.41) is 47.8. The van der Waals surface area contributed by atoms with Gasteiger partial charge in [-0.2, -0.15) is 0 Å². The summed E-state index contributed by atoms with van der Waals surface area (Å²) in [5.74, 6) is -1.70. The number of rotatable bonds is 5. The Bertz CT molecular complexity index is 1230. The standard InChI is InChI=1S/C32H42O8/c1-20(39-21(2)33)30(36)16-17-32(38)29(30,4)26(40-27(35)11-10-22-8-6-5-7-9-22)19-25-28(3)14-13-24(34)18-23(28)12-15-31(25,32)37/h5-12,20,24-26,34,36-38H,13-19H2,1-4H3/b11-10+/t20?,24-,25+,26?,28-,29+,30-,31-,32+/m0/s1. The summed E-state index contributed by atoms with van der Waals surface area (Å²) in [6, 6.07) is 9.31. The quantitative estimate of drug-likeness (QED) is 0.247. The Kier molecular flexibility index (Phi) is 7.10. The van der Waals surface area contributed by atoms with Crippen molar-refractivity contribution in [1.82, 2.24) is 0 Å². The molecule has 4 N–H and O–H groups in total. The van der Waals surface area contributed by atoms with E-state index in [9.17, 15) is 30.0 Å². The molecule has 3 saturated carbocycles. The van der Waals surface area contributed by atoms with Crippen molar-refractivity contribution in [3.63, 3.8) is 0 Å². The number of aliphatic hydroxyl groups is 4. The van der Waals surface area contributed by atoms with Crippen molar-refractivity contribution in [2.75, 3.05) is 0 Å². The minimum atomic E-state index is -1.86. The van der Waals surface area contributed by atoms with Crippen molar-refractivity contribution in [2.24, 2.45) is 16.7 Å². The fourth-order valence-electron chi connectivity index (χ4n) is 8.75. The van der Waals surface area contributed by atoms with Crippen LogP contribution in [0, 0.1) is 16.7 Å². The minimum absolute atomic E-state index is 0.0361. The maximum absolute atomic E-state index is 13.3. The first-order chi connectivity index (χ1) is 18.7. The Balaban J connectivity index is 1.59. The number of fused-ring (bicyclic) bond motifs is 5. The number of ether oxygens (including phenoxy) is 2. The topological polar surface area (TPSA) is 134 Å². The summed E-state index contributed by atoms with van der Waals surface area (Å²) in [4.78, 5) is 25.2. The van der Waals surface area contributed by atoms with Gasteiger partial charge in [-0.15, -0.1) is 0 Å². The second kappa shape index (κ2) is 9.79. The maximum atomic E-state index is 13.3. The van der Waals surface area contributed by atoms with Crippen molar-refractivity contribution >= 4 is 18.0 Å². The maximum Gasteiger partial charge on any atom is 0.331 e. The molecule has 3 fully saturated rings. The number of hydrogen-bond acceptors (Lipinski definition) is 8. The van der Waals surface area contributed by atoms with Gasteiger partial charge < -0.3 is 29.9 Å². The number of hydrogen-bond donors (Lipinski definition) is 4. The van der Waals surface area contributed by atoms with Crippen LogP contribution >= 0.6 is 0 Å². The largest absolute Gasteiger partial charge is 0.460 e. The lowest BCUT2D eigenvalue weighted by molar-refractivity contribution is -0.326. The van der Waals surface area contributed by atoms with E-state index in [1.165, 1.54) is 13.0 Å². The molecule has 1 aromatic rings. The van der Waals surface area contributed by atoms with Crippen LogP contribution in [0.4, 0.5) is 0 Å². The van der Waals surface area contributed by atoms with Gasteiger partial charge in [-0.05, 0) is 68.9 Å². The van der Waals surface area contributed by atoms with Crippen LogP contribution in [0.1, 0.15) is 78.2 Å². The van der Waals surface area contributed by atoms with Gasteiger partial charge in [0.1, 0.15) is 29.0 Å². The zero-order valence-corrected chi connectivity index (χ0v) is 23.8. The van der Waals surface area contributed by atoms with Gasteiger partial charge in [0.15, 0.2) is 0 Å². The molecule has 0 spiro atoms. The molecule has 4 aliphatic rings. The molecule has 40 heavy (non-hydrogen) atoms. The molecule has 1 aromatic carbocycles. The molecule has 0 amide bonds. The van der Waals surface area contributed by atoms with Gasteiger partial charge in [0, 0.05) is 18.9 Å². The van der Waals surface area contributed by atoms with E-state index in [1.807, 2.05) is 36.4 Å². The molecule has 0 aliphatic heterocycles. The van der Waals surface area contributed by atoms with E-state index in [2.05, 4.69) is 6.92 Å². The lowest BCUT2D eigenvalue weighted by atomic mass is 9.42. The summed E-state index contributed by atoms with van der Waals surface area (Å²) in [7, 11) is 0. The molecule has 218 valence electrons. The average molecular weight is 555 g/mol. The summed E-state index contributed by atoms with van der Waals surface area (Å²) in [5.41, 5.74) is -5.51. The first kappa shape index (κ1) is 29.0. The summed E-state index contributed by atoms with van der Waals surface area (Å²) in [6.45, 7) is 6.54. The van der Waals surface area contributed by atoms with Crippen molar-refractivity contribution < 1.29 is 39.5 Å². The molecule has 0 radical (unpaired) electrons. The van der Waals surface area contributed by atoms with Crippen molar-refractivity contribution in [2.45, 2.75) is 108 Å². The molecule has 8 heteroatoms. The molecule has 9 atom stereocenters. The highest BCUT2D eigenvalue weighted by Gasteiger charge is 2.81. The Labute approximate surface area is 235 Å². The Morgan fingerprint density at radius 3 is 2.45 bits per heavy atom. The molecule has 0 bridgehead atoms. The lowest BCUT2D eigenvalue weighted by Crippen LogP contribution is -2.78. The van der Waals surface area contributed by atoms with Gasteiger partial charge in [0.05, 0.1) is 11.5 Å².